The number of hydrogen-bond acceptors (Lipinski definition) is 5. The Hall–Kier alpha value is -0.950. The average molecular weight is 339 g/mol. The summed E-state index contributed by atoms with van der Waals surface area (Å²) in [5, 5.41) is 13.2. The second kappa shape index (κ2) is 7.30. The van der Waals surface area contributed by atoms with Gasteiger partial charge in [-0.15, -0.1) is 0 Å². The van der Waals surface area contributed by atoms with Crippen LogP contribution in [-0.4, -0.2) is 50.3 Å². The number of ether oxygens (including phenoxy) is 1. The lowest BCUT2D eigenvalue weighted by molar-refractivity contribution is -0.0172. The second-order valence-corrected chi connectivity index (χ2v) is 8.80. The molecule has 0 aromatic heterocycles. The number of aliphatic hydroxyl groups excluding tert-OH is 1. The van der Waals surface area contributed by atoms with Gasteiger partial charge in [0.05, 0.1) is 30.3 Å². The van der Waals surface area contributed by atoms with Crippen molar-refractivity contribution in [2.24, 2.45) is 0 Å². The van der Waals surface area contributed by atoms with Gasteiger partial charge >= 0.3 is 0 Å². The molecule has 1 saturated heterocycles. The SMILES string of the molecule is O=S1(=O)CC[C@H](NC[C@@H](O)CO[C@@H]2CCCc3ccccc32)C1. The van der Waals surface area contributed by atoms with Crippen molar-refractivity contribution in [3.63, 3.8) is 0 Å². The summed E-state index contributed by atoms with van der Waals surface area (Å²) in [4.78, 5) is 0. The highest BCUT2D eigenvalue weighted by molar-refractivity contribution is 7.91. The third-order valence-corrected chi connectivity index (χ3v) is 6.45. The highest BCUT2D eigenvalue weighted by atomic mass is 32.2. The van der Waals surface area contributed by atoms with Crippen LogP contribution in [0.2, 0.25) is 0 Å². The molecule has 2 aliphatic rings. The number of fused-ring (bicyclic) bond motifs is 1. The quantitative estimate of drug-likeness (QED) is 0.815. The van der Waals surface area contributed by atoms with Gasteiger partial charge < -0.3 is 15.2 Å². The van der Waals surface area contributed by atoms with Gasteiger partial charge in [0.15, 0.2) is 9.84 Å². The van der Waals surface area contributed by atoms with Gasteiger partial charge in [0, 0.05) is 12.6 Å². The molecule has 1 aliphatic carbocycles. The lowest BCUT2D eigenvalue weighted by Gasteiger charge is -2.27. The summed E-state index contributed by atoms with van der Waals surface area (Å²) in [6.45, 7) is 0.639. The fraction of sp³-hybridized carbons (Fsp3) is 0.647. The predicted molar refractivity (Wildman–Crippen MR) is 89.1 cm³/mol. The fourth-order valence-electron chi connectivity index (χ4n) is 3.43. The number of aliphatic hydroxyl groups is 1. The van der Waals surface area contributed by atoms with Crippen LogP contribution in [0.25, 0.3) is 0 Å². The van der Waals surface area contributed by atoms with E-state index < -0.39 is 15.9 Å². The van der Waals surface area contributed by atoms with E-state index in [1.54, 1.807) is 0 Å². The Morgan fingerprint density at radius 1 is 1.30 bits per heavy atom. The van der Waals surface area contributed by atoms with Crippen molar-refractivity contribution in [2.75, 3.05) is 24.7 Å². The van der Waals surface area contributed by atoms with Gasteiger partial charge in [-0.25, -0.2) is 8.42 Å². The first-order valence-corrected chi connectivity index (χ1v) is 10.2. The molecule has 2 N–H and O–H groups in total. The summed E-state index contributed by atoms with van der Waals surface area (Å²) < 4.78 is 28.7. The second-order valence-electron chi connectivity index (χ2n) is 6.58. The molecule has 1 heterocycles. The topological polar surface area (TPSA) is 75.6 Å². The van der Waals surface area contributed by atoms with Gasteiger partial charge in [-0.3, -0.25) is 0 Å². The summed E-state index contributed by atoms with van der Waals surface area (Å²) in [5.74, 6) is 0.423. The van der Waals surface area contributed by atoms with E-state index in [-0.39, 0.29) is 30.3 Å². The van der Waals surface area contributed by atoms with Gasteiger partial charge in [-0.1, -0.05) is 24.3 Å². The summed E-state index contributed by atoms with van der Waals surface area (Å²) in [7, 11) is -2.88. The van der Waals surface area contributed by atoms with Crippen LogP contribution in [0.3, 0.4) is 0 Å². The molecule has 0 spiro atoms. The fourth-order valence-corrected chi connectivity index (χ4v) is 5.14. The summed E-state index contributed by atoms with van der Waals surface area (Å²) in [6, 6.07) is 8.29. The molecular weight excluding hydrogens is 314 g/mol. The van der Waals surface area contributed by atoms with E-state index in [0.717, 1.165) is 19.3 Å². The monoisotopic (exact) mass is 339 g/mol. The highest BCUT2D eigenvalue weighted by Crippen LogP contribution is 2.32. The third-order valence-electron chi connectivity index (χ3n) is 4.68. The van der Waals surface area contributed by atoms with Crippen LogP contribution < -0.4 is 5.32 Å². The maximum Gasteiger partial charge on any atom is 0.151 e. The summed E-state index contributed by atoms with van der Waals surface area (Å²) in [5.41, 5.74) is 2.58. The molecule has 3 rings (SSSR count). The average Bonchev–Trinajstić information content (AvgIpc) is 2.90. The summed E-state index contributed by atoms with van der Waals surface area (Å²) >= 11 is 0. The number of benzene rings is 1. The zero-order chi connectivity index (χ0) is 16.3. The van der Waals surface area contributed by atoms with E-state index >= 15 is 0 Å². The van der Waals surface area contributed by atoms with Crippen LogP contribution in [0.4, 0.5) is 0 Å². The molecule has 6 heteroatoms. The minimum absolute atomic E-state index is 0.0370. The van der Waals surface area contributed by atoms with Gasteiger partial charge in [0.2, 0.25) is 0 Å². The Balaban J connectivity index is 1.44. The molecule has 1 aromatic carbocycles. The molecule has 1 fully saturated rings. The molecule has 1 aliphatic heterocycles. The van der Waals surface area contributed by atoms with Crippen LogP contribution in [0.5, 0.6) is 0 Å². The lowest BCUT2D eigenvalue weighted by atomic mass is 9.89. The molecule has 23 heavy (non-hydrogen) atoms. The van der Waals surface area contributed by atoms with Gasteiger partial charge in [-0.05, 0) is 36.8 Å². The van der Waals surface area contributed by atoms with E-state index in [1.165, 1.54) is 11.1 Å². The van der Waals surface area contributed by atoms with E-state index in [4.69, 9.17) is 4.74 Å². The number of nitrogens with one attached hydrogen (secondary N) is 1. The maximum absolute atomic E-state index is 11.4. The molecule has 5 nitrogen and oxygen atoms in total. The standard InChI is InChI=1S/C17H25NO4S/c19-15(10-18-14-8-9-23(20,21)12-14)11-22-17-7-3-5-13-4-1-2-6-16(13)17/h1-2,4,6,14-15,17-19H,3,5,7-12H2/t14-,15+,17+/m0/s1. The Bertz CT molecular complexity index is 631. The van der Waals surface area contributed by atoms with E-state index in [0.29, 0.717) is 13.0 Å². The number of hydrogen-bond donors (Lipinski definition) is 2. The zero-order valence-electron chi connectivity index (χ0n) is 13.3. The van der Waals surface area contributed by atoms with Crippen LogP contribution in [0.15, 0.2) is 24.3 Å². The smallest absolute Gasteiger partial charge is 0.151 e. The minimum atomic E-state index is -2.88. The first kappa shape index (κ1) is 16.9. The van der Waals surface area contributed by atoms with Crippen molar-refractivity contribution in [1.82, 2.24) is 5.32 Å². The van der Waals surface area contributed by atoms with Crippen molar-refractivity contribution in [3.8, 4) is 0 Å². The molecule has 1 aromatic rings. The predicted octanol–water partition coefficient (Wildman–Crippen LogP) is 1.22. The number of aryl methyl sites for hydroxylation is 1. The number of rotatable bonds is 6. The Kier molecular flexibility index (Phi) is 5.36. The van der Waals surface area contributed by atoms with Crippen LogP contribution in [0.1, 0.15) is 36.5 Å². The molecule has 3 atom stereocenters. The maximum atomic E-state index is 11.4. The van der Waals surface area contributed by atoms with Crippen molar-refractivity contribution in [2.45, 2.75) is 43.9 Å². The Morgan fingerprint density at radius 2 is 2.13 bits per heavy atom. The third kappa shape index (κ3) is 4.53. The molecule has 0 radical (unpaired) electrons. The minimum Gasteiger partial charge on any atom is -0.389 e. The molecular formula is C17H25NO4S. The van der Waals surface area contributed by atoms with Gasteiger partial charge in [0.1, 0.15) is 0 Å². The molecule has 0 bridgehead atoms. The van der Waals surface area contributed by atoms with Crippen molar-refractivity contribution >= 4 is 9.84 Å². The number of sulfone groups is 1. The molecule has 0 unspecified atom stereocenters. The van der Waals surface area contributed by atoms with Crippen molar-refractivity contribution in [3.05, 3.63) is 35.4 Å². The highest BCUT2D eigenvalue weighted by Gasteiger charge is 2.28. The van der Waals surface area contributed by atoms with Crippen LogP contribution >= 0.6 is 0 Å². The van der Waals surface area contributed by atoms with Crippen LogP contribution in [0, 0.1) is 0 Å². The van der Waals surface area contributed by atoms with Crippen LogP contribution in [-0.2, 0) is 21.0 Å². The Morgan fingerprint density at radius 3 is 2.91 bits per heavy atom. The van der Waals surface area contributed by atoms with Gasteiger partial charge in [-0.2, -0.15) is 0 Å². The van der Waals surface area contributed by atoms with Gasteiger partial charge in [0.25, 0.3) is 0 Å². The first-order chi connectivity index (χ1) is 11.0. The molecule has 0 saturated carbocycles. The van der Waals surface area contributed by atoms with Crippen molar-refractivity contribution in [1.29, 1.82) is 0 Å². The molecule has 0 amide bonds. The van der Waals surface area contributed by atoms with E-state index in [2.05, 4.69) is 23.5 Å². The molecule has 128 valence electrons. The summed E-state index contributed by atoms with van der Waals surface area (Å²) in [6.07, 6.45) is 3.25. The zero-order valence-corrected chi connectivity index (χ0v) is 14.1. The van der Waals surface area contributed by atoms with Crippen molar-refractivity contribution < 1.29 is 18.3 Å². The van der Waals surface area contributed by atoms with E-state index in [1.807, 2.05) is 6.07 Å². The first-order valence-electron chi connectivity index (χ1n) is 8.35. The normalized spacial score (nSPS) is 27.5. The Labute approximate surface area is 138 Å². The lowest BCUT2D eigenvalue weighted by Crippen LogP contribution is -2.38. The van der Waals surface area contributed by atoms with E-state index in [9.17, 15) is 13.5 Å². The largest absolute Gasteiger partial charge is 0.389 e.